The zero-order valence-corrected chi connectivity index (χ0v) is 16.4. The van der Waals surface area contributed by atoms with Crippen LogP contribution in [0.2, 0.25) is 9.88 Å². The number of unbranched alkanes of at least 4 members (excludes halogenated alkanes) is 7. The molecule has 0 spiro atoms. The minimum atomic E-state index is -1.48. The predicted molar refractivity (Wildman–Crippen MR) is 82.8 cm³/mol. The van der Waals surface area contributed by atoms with Gasteiger partial charge in [0.15, 0.2) is 0 Å². The molecule has 0 aliphatic carbocycles. The zero-order chi connectivity index (χ0) is 16.5. The Kier molecular flexibility index (Phi) is 19.0. The van der Waals surface area contributed by atoms with Crippen LogP contribution in [-0.2, 0) is 9.59 Å². The van der Waals surface area contributed by atoms with Crippen molar-refractivity contribution in [3.05, 3.63) is 11.6 Å². The molecule has 21 heavy (non-hydrogen) atoms. The molecule has 0 saturated carbocycles. The Balaban J connectivity index is 0. The average Bonchev–Trinajstić information content (AvgIpc) is 2.40. The third-order valence-corrected chi connectivity index (χ3v) is 2.85. The average molecular weight is 403 g/mol. The summed E-state index contributed by atoms with van der Waals surface area (Å²) < 4.78 is 0. The maximum atomic E-state index is 10.6. The van der Waals surface area contributed by atoms with Gasteiger partial charge < -0.3 is 19.8 Å². The number of aliphatic carboxylic acids is 2. The first-order valence-corrected chi connectivity index (χ1v) is 13.4. The van der Waals surface area contributed by atoms with Gasteiger partial charge in [-0.3, -0.25) is 0 Å². The second-order valence-electron chi connectivity index (χ2n) is 5.00. The van der Waals surface area contributed by atoms with Crippen LogP contribution >= 0.6 is 0 Å². The van der Waals surface area contributed by atoms with E-state index in [0.717, 1.165) is 19.3 Å². The van der Waals surface area contributed by atoms with Crippen molar-refractivity contribution < 1.29 is 19.8 Å². The molecule has 0 N–H and O–H groups in total. The van der Waals surface area contributed by atoms with Gasteiger partial charge in [0.05, 0.1) is 11.9 Å². The molecule has 0 aromatic heterocycles. The molecule has 0 aliphatic rings. The van der Waals surface area contributed by atoms with Crippen LogP contribution in [0.3, 0.4) is 0 Å². The molecule has 0 aliphatic heterocycles. The summed E-state index contributed by atoms with van der Waals surface area (Å²) in [6.45, 7) is 2.17. The molecule has 0 rings (SSSR count). The number of carbonyl (C=O) groups is 2. The van der Waals surface area contributed by atoms with Crippen LogP contribution in [0.4, 0.5) is 0 Å². The number of carboxylic acids is 2. The van der Waals surface area contributed by atoms with E-state index >= 15 is 0 Å². The molecular formula is C16H28O4Sn. The molecule has 0 atom stereocenters. The van der Waals surface area contributed by atoms with Gasteiger partial charge in [0.1, 0.15) is 0 Å². The molecule has 120 valence electrons. The molecule has 4 nitrogen and oxygen atoms in total. The minimum absolute atomic E-state index is 0.180. The van der Waals surface area contributed by atoms with Gasteiger partial charge in [0.2, 0.25) is 0 Å². The standard InChI is InChI=1S/C14H24O4.2CH3.Sn/c1-2-3-4-5-6-7-8-9-10-12(14(17)18)11-13(15)16;;;/h11H,2-10H2,1H3,(H,15,16)(H,17,18);2*1H3;/q;;;+2/p-2/b12-11-;;;. The summed E-state index contributed by atoms with van der Waals surface area (Å²) in [4.78, 5) is 25.5. The van der Waals surface area contributed by atoms with E-state index in [4.69, 9.17) is 0 Å². The van der Waals surface area contributed by atoms with Gasteiger partial charge in [-0.1, -0.05) is 51.9 Å². The van der Waals surface area contributed by atoms with Crippen LogP contribution in [0.5, 0.6) is 0 Å². The van der Waals surface area contributed by atoms with Gasteiger partial charge in [-0.25, -0.2) is 0 Å². The monoisotopic (exact) mass is 404 g/mol. The fourth-order valence-electron chi connectivity index (χ4n) is 1.82. The summed E-state index contributed by atoms with van der Waals surface area (Å²) in [6.07, 6.45) is 9.65. The fourth-order valence-corrected chi connectivity index (χ4v) is 1.82. The zero-order valence-electron chi connectivity index (χ0n) is 13.6. The number of hydrogen-bond acceptors (Lipinski definition) is 4. The third-order valence-electron chi connectivity index (χ3n) is 2.85. The Labute approximate surface area is 139 Å². The van der Waals surface area contributed by atoms with E-state index in [9.17, 15) is 19.8 Å². The quantitative estimate of drug-likeness (QED) is 0.299. The van der Waals surface area contributed by atoms with Crippen molar-refractivity contribution in [3.8, 4) is 0 Å². The normalized spacial score (nSPS) is 10.3. The Hall–Kier alpha value is -0.521. The molecule has 0 amide bonds. The molecule has 0 aromatic carbocycles. The van der Waals surface area contributed by atoms with E-state index < -0.39 is 11.9 Å². The summed E-state index contributed by atoms with van der Waals surface area (Å²) in [6, 6.07) is 0. The first-order valence-electron chi connectivity index (χ1n) is 7.70. The van der Waals surface area contributed by atoms with Crippen molar-refractivity contribution in [2.75, 3.05) is 0 Å². The number of hydrogen-bond donors (Lipinski definition) is 0. The molecule has 0 aromatic rings. The van der Waals surface area contributed by atoms with Crippen LogP contribution in [0.1, 0.15) is 64.7 Å². The van der Waals surface area contributed by atoms with Gasteiger partial charge in [-0.2, -0.15) is 0 Å². The van der Waals surface area contributed by atoms with Crippen molar-refractivity contribution in [2.45, 2.75) is 74.6 Å². The van der Waals surface area contributed by atoms with E-state index in [-0.39, 0.29) is 33.1 Å². The van der Waals surface area contributed by atoms with Crippen molar-refractivity contribution in [3.63, 3.8) is 0 Å². The molecule has 0 saturated heterocycles. The SMILES string of the molecule is CCCCCCCCCC/C(=C/C(=O)[O-])C(=O)[O-].[CH3][Sn+2][CH3]. The van der Waals surface area contributed by atoms with Gasteiger partial charge in [-0.15, -0.1) is 0 Å². The van der Waals surface area contributed by atoms with E-state index in [1.165, 1.54) is 25.7 Å². The van der Waals surface area contributed by atoms with E-state index in [2.05, 4.69) is 16.8 Å². The Morgan fingerprint density at radius 2 is 1.33 bits per heavy atom. The Morgan fingerprint density at radius 3 is 1.71 bits per heavy atom. The van der Waals surface area contributed by atoms with Gasteiger partial charge >= 0.3 is 31.0 Å². The van der Waals surface area contributed by atoms with Crippen LogP contribution in [0.15, 0.2) is 11.6 Å². The Morgan fingerprint density at radius 1 is 0.905 bits per heavy atom. The summed E-state index contributed by atoms with van der Waals surface area (Å²) in [5, 5.41) is 20.9. The van der Waals surface area contributed by atoms with Gasteiger partial charge in [-0.05, 0) is 24.5 Å². The summed E-state index contributed by atoms with van der Waals surface area (Å²) in [5.41, 5.74) is -0.180. The third kappa shape index (κ3) is 19.5. The van der Waals surface area contributed by atoms with Crippen LogP contribution < -0.4 is 10.2 Å². The van der Waals surface area contributed by atoms with E-state index in [1.54, 1.807) is 0 Å². The molecule has 5 heteroatoms. The van der Waals surface area contributed by atoms with Crippen molar-refractivity contribution >= 4 is 33.1 Å². The number of carbonyl (C=O) groups excluding carboxylic acids is 2. The van der Waals surface area contributed by atoms with Crippen molar-refractivity contribution in [1.82, 2.24) is 0 Å². The van der Waals surface area contributed by atoms with Crippen molar-refractivity contribution in [1.29, 1.82) is 0 Å². The predicted octanol–water partition coefficient (Wildman–Crippen LogP) is 1.73. The van der Waals surface area contributed by atoms with Gasteiger partial charge in [0.25, 0.3) is 0 Å². The second kappa shape index (κ2) is 17.5. The number of carboxylic acid groups (broad SMARTS) is 2. The summed E-state index contributed by atoms with van der Waals surface area (Å²) in [7, 11) is 0. The van der Waals surface area contributed by atoms with Gasteiger partial charge in [0, 0.05) is 0 Å². The summed E-state index contributed by atoms with van der Waals surface area (Å²) in [5.74, 6) is -2.89. The second-order valence-corrected chi connectivity index (χ2v) is 7.86. The van der Waals surface area contributed by atoms with Crippen molar-refractivity contribution in [2.24, 2.45) is 0 Å². The van der Waals surface area contributed by atoms with E-state index in [0.29, 0.717) is 12.5 Å². The maximum absolute atomic E-state index is 10.6. The Bertz CT molecular complexity index is 301. The molecule has 0 radical (unpaired) electrons. The first-order chi connectivity index (χ1) is 9.99. The topological polar surface area (TPSA) is 80.3 Å². The molecule has 0 fully saturated rings. The summed E-state index contributed by atoms with van der Waals surface area (Å²) >= 11 is 0.230. The molecule has 0 heterocycles. The fraction of sp³-hybridized carbons (Fsp3) is 0.750. The first kappa shape index (κ1) is 22.8. The van der Waals surface area contributed by atoms with Crippen LogP contribution in [0.25, 0.3) is 0 Å². The number of rotatable bonds is 11. The molecule has 0 bridgehead atoms. The molecular weight excluding hydrogens is 375 g/mol. The van der Waals surface area contributed by atoms with Crippen LogP contribution in [-0.4, -0.2) is 33.1 Å². The van der Waals surface area contributed by atoms with Crippen LogP contribution in [0, 0.1) is 0 Å². The molecule has 0 unspecified atom stereocenters. The van der Waals surface area contributed by atoms with E-state index in [1.807, 2.05) is 0 Å².